The number of halogens is 1. The average molecular weight is 473 g/mol. The van der Waals surface area contributed by atoms with Crippen LogP contribution in [0.3, 0.4) is 0 Å². The van der Waals surface area contributed by atoms with Crippen molar-refractivity contribution in [2.24, 2.45) is 11.8 Å². The van der Waals surface area contributed by atoms with Crippen LogP contribution in [0.4, 0.5) is 10.1 Å². The zero-order chi connectivity index (χ0) is 22.9. The Morgan fingerprint density at radius 3 is 2.76 bits per heavy atom. The summed E-state index contributed by atoms with van der Waals surface area (Å²) >= 11 is 1.17. The van der Waals surface area contributed by atoms with Crippen molar-refractivity contribution in [2.75, 3.05) is 31.6 Å². The summed E-state index contributed by atoms with van der Waals surface area (Å²) in [6.45, 7) is 4.77. The number of ether oxygens (including phenoxy) is 1. The van der Waals surface area contributed by atoms with Crippen molar-refractivity contribution in [1.29, 1.82) is 0 Å². The van der Waals surface area contributed by atoms with Crippen LogP contribution >= 0.6 is 11.5 Å². The highest BCUT2D eigenvalue weighted by Gasteiger charge is 2.35. The minimum atomic E-state index is -0.468. The molecule has 3 heterocycles. The monoisotopic (exact) mass is 472 g/mol. The summed E-state index contributed by atoms with van der Waals surface area (Å²) in [5.74, 6) is 1.18. The van der Waals surface area contributed by atoms with E-state index in [2.05, 4.69) is 21.5 Å². The number of rotatable bonds is 7. The fourth-order valence-electron chi connectivity index (χ4n) is 5.33. The van der Waals surface area contributed by atoms with E-state index in [4.69, 9.17) is 4.74 Å². The molecule has 1 saturated heterocycles. The first-order chi connectivity index (χ1) is 16.0. The molecule has 176 valence electrons. The number of hydrogen-bond donors (Lipinski definition) is 2. The average Bonchev–Trinajstić information content (AvgIpc) is 3.73. The van der Waals surface area contributed by atoms with E-state index in [-0.39, 0.29) is 16.8 Å². The Morgan fingerprint density at radius 2 is 2.06 bits per heavy atom. The first kappa shape index (κ1) is 21.2. The van der Waals surface area contributed by atoms with E-state index in [1.165, 1.54) is 37.6 Å². The molecule has 1 aliphatic heterocycles. The van der Waals surface area contributed by atoms with Crippen LogP contribution < -0.4 is 25.9 Å². The van der Waals surface area contributed by atoms with Crippen molar-refractivity contribution in [3.63, 3.8) is 0 Å². The quantitative estimate of drug-likeness (QED) is 0.549. The van der Waals surface area contributed by atoms with Crippen molar-refractivity contribution < 1.29 is 9.13 Å². The molecule has 3 aliphatic rings. The molecule has 2 N–H and O–H groups in total. The largest absolute Gasteiger partial charge is 0.492 e. The molecule has 0 radical (unpaired) electrons. The van der Waals surface area contributed by atoms with Crippen LogP contribution in [0, 0.1) is 17.7 Å². The van der Waals surface area contributed by atoms with Gasteiger partial charge in [-0.3, -0.25) is 14.0 Å². The summed E-state index contributed by atoms with van der Waals surface area (Å²) in [7, 11) is 1.54. The summed E-state index contributed by atoms with van der Waals surface area (Å²) in [5, 5.41) is 4.00. The number of hydrogen-bond acceptors (Lipinski definition) is 6. The number of methoxy groups -OCH3 is 1. The summed E-state index contributed by atoms with van der Waals surface area (Å²) in [6.07, 6.45) is 5.55. The molecular formula is C24H29FN4O3S. The van der Waals surface area contributed by atoms with Gasteiger partial charge in [0.2, 0.25) is 5.43 Å². The summed E-state index contributed by atoms with van der Waals surface area (Å²) < 4.78 is 26.1. The van der Waals surface area contributed by atoms with E-state index in [1.54, 1.807) is 0 Å². The van der Waals surface area contributed by atoms with E-state index in [0.717, 1.165) is 44.8 Å². The maximum atomic E-state index is 15.6. The number of pyridine rings is 1. The van der Waals surface area contributed by atoms with Gasteiger partial charge in [-0.05, 0) is 75.0 Å². The third-order valence-electron chi connectivity index (χ3n) is 7.58. The summed E-state index contributed by atoms with van der Waals surface area (Å²) in [5.41, 5.74) is 0.195. The Kier molecular flexibility index (Phi) is 5.03. The van der Waals surface area contributed by atoms with Gasteiger partial charge in [0, 0.05) is 25.2 Å². The normalized spacial score (nSPS) is 21.9. The van der Waals surface area contributed by atoms with Crippen molar-refractivity contribution in [3.05, 3.63) is 32.5 Å². The van der Waals surface area contributed by atoms with Gasteiger partial charge in [0.15, 0.2) is 11.6 Å². The van der Waals surface area contributed by atoms with E-state index < -0.39 is 16.8 Å². The smallest absolute Gasteiger partial charge is 0.271 e. The van der Waals surface area contributed by atoms with E-state index in [1.807, 2.05) is 4.57 Å². The minimum absolute atomic E-state index is 0.116. The molecule has 0 amide bonds. The molecule has 0 spiro atoms. The zero-order valence-corrected chi connectivity index (χ0v) is 19.8. The van der Waals surface area contributed by atoms with E-state index >= 15 is 4.39 Å². The Hall–Kier alpha value is -2.39. The molecule has 9 heteroatoms. The Morgan fingerprint density at radius 1 is 1.27 bits per heavy atom. The lowest BCUT2D eigenvalue weighted by Crippen LogP contribution is -2.36. The number of anilines is 1. The van der Waals surface area contributed by atoms with Crippen LogP contribution in [0.5, 0.6) is 5.75 Å². The maximum Gasteiger partial charge on any atom is 0.271 e. The molecular weight excluding hydrogens is 443 g/mol. The predicted molar refractivity (Wildman–Crippen MR) is 130 cm³/mol. The maximum absolute atomic E-state index is 15.6. The van der Waals surface area contributed by atoms with Gasteiger partial charge < -0.3 is 19.5 Å². The second-order valence-corrected chi connectivity index (χ2v) is 10.7. The number of benzene rings is 1. The molecule has 1 unspecified atom stereocenters. The Bertz CT molecular complexity index is 1350. The molecule has 1 aromatic carbocycles. The van der Waals surface area contributed by atoms with Gasteiger partial charge in [-0.15, -0.1) is 0 Å². The predicted octanol–water partition coefficient (Wildman–Crippen LogP) is 3.60. The number of fused-ring (bicyclic) bond motifs is 2. The SMILES string of the molecule is COc1c(N2CC[C@@H](C(C)NCC3CC3)C2)c(F)cc2c(=O)c3c(=O)[nH]sc3n(C3CC3)c12. The molecule has 3 fully saturated rings. The number of nitrogens with zero attached hydrogens (tertiary/aromatic N) is 2. The molecule has 0 bridgehead atoms. The van der Waals surface area contributed by atoms with Gasteiger partial charge in [-0.2, -0.15) is 0 Å². The van der Waals surface area contributed by atoms with Gasteiger partial charge >= 0.3 is 0 Å². The van der Waals surface area contributed by atoms with Crippen LogP contribution in [-0.4, -0.2) is 41.7 Å². The van der Waals surface area contributed by atoms with Gasteiger partial charge in [-0.1, -0.05) is 0 Å². The molecule has 2 aliphatic carbocycles. The van der Waals surface area contributed by atoms with Crippen LogP contribution in [0.25, 0.3) is 21.1 Å². The van der Waals surface area contributed by atoms with Crippen molar-refractivity contribution in [2.45, 2.75) is 51.1 Å². The van der Waals surface area contributed by atoms with Gasteiger partial charge in [0.25, 0.3) is 5.56 Å². The lowest BCUT2D eigenvalue weighted by molar-refractivity contribution is 0.394. The Labute approximate surface area is 194 Å². The van der Waals surface area contributed by atoms with Crippen LogP contribution in [0.2, 0.25) is 0 Å². The van der Waals surface area contributed by atoms with Crippen LogP contribution in [0.15, 0.2) is 15.7 Å². The van der Waals surface area contributed by atoms with E-state index in [9.17, 15) is 9.59 Å². The number of aromatic amines is 1. The molecule has 2 saturated carbocycles. The van der Waals surface area contributed by atoms with Crippen molar-refractivity contribution in [3.8, 4) is 5.75 Å². The highest BCUT2D eigenvalue weighted by molar-refractivity contribution is 7.12. The zero-order valence-electron chi connectivity index (χ0n) is 18.9. The van der Waals surface area contributed by atoms with E-state index in [0.29, 0.717) is 33.7 Å². The fourth-order valence-corrected chi connectivity index (χ4v) is 6.25. The molecule has 2 aromatic heterocycles. The lowest BCUT2D eigenvalue weighted by atomic mass is 10.0. The first-order valence-electron chi connectivity index (χ1n) is 11.9. The number of nitrogens with one attached hydrogen (secondary N) is 2. The van der Waals surface area contributed by atoms with Gasteiger partial charge in [0.1, 0.15) is 15.9 Å². The molecule has 6 rings (SSSR count). The molecule has 2 atom stereocenters. The third kappa shape index (κ3) is 3.47. The molecule has 33 heavy (non-hydrogen) atoms. The highest BCUT2D eigenvalue weighted by atomic mass is 32.1. The minimum Gasteiger partial charge on any atom is -0.492 e. The first-order valence-corrected chi connectivity index (χ1v) is 12.7. The second kappa shape index (κ2) is 7.84. The topological polar surface area (TPSA) is 79.4 Å². The highest BCUT2D eigenvalue weighted by Crippen LogP contribution is 2.46. The Balaban J connectivity index is 1.46. The van der Waals surface area contributed by atoms with Crippen LogP contribution in [0.1, 0.15) is 45.1 Å². The van der Waals surface area contributed by atoms with Crippen molar-refractivity contribution in [1.82, 2.24) is 14.3 Å². The summed E-state index contributed by atoms with van der Waals surface area (Å²) in [4.78, 5) is 28.3. The third-order valence-corrected chi connectivity index (χ3v) is 8.47. The number of H-pyrrole nitrogens is 1. The standard InChI is InChI=1S/C24H29FN4O3S/c1-12(26-10-13-3-4-13)14-7-8-28(11-14)20-17(25)9-16-19(22(20)32-2)29(15-5-6-15)24-18(21(16)30)23(31)27-33-24/h9,12-15,26H,3-8,10-11H2,1-2H3,(H,27,31)/t12?,14-/m1/s1. The summed E-state index contributed by atoms with van der Waals surface area (Å²) in [6, 6.07) is 1.87. The molecule has 7 nitrogen and oxygen atoms in total. The van der Waals surface area contributed by atoms with Crippen LogP contribution in [-0.2, 0) is 0 Å². The lowest BCUT2D eigenvalue weighted by Gasteiger charge is -2.26. The number of aromatic nitrogens is 2. The van der Waals surface area contributed by atoms with Gasteiger partial charge in [0.05, 0.1) is 18.0 Å². The fraction of sp³-hybridized carbons (Fsp3) is 0.583. The van der Waals surface area contributed by atoms with Gasteiger partial charge in [-0.25, -0.2) is 4.39 Å². The van der Waals surface area contributed by atoms with Crippen molar-refractivity contribution >= 4 is 38.3 Å². The molecule has 3 aromatic rings. The second-order valence-electron chi connectivity index (χ2n) is 9.92.